The number of ether oxygens (including phenoxy) is 1. The smallest absolute Gasteiger partial charge is 0.0977 e. The van der Waals surface area contributed by atoms with Crippen molar-refractivity contribution in [3.05, 3.63) is 70.2 Å². The standard InChI is InChI=1S/C24H32BrNO2.ClH/c1-19(2)12-13-24(27,21-8-10-22(25)11-9-21)23(20-6-4-3-5-7-20)18-26-14-16-28-17-15-26;/h3-11,19,23,27H,12-18H2,1-2H3;1H. The molecule has 0 aliphatic carbocycles. The van der Waals surface area contributed by atoms with Gasteiger partial charge in [0.25, 0.3) is 0 Å². The van der Waals surface area contributed by atoms with Gasteiger partial charge in [0, 0.05) is 30.0 Å². The topological polar surface area (TPSA) is 32.7 Å². The van der Waals surface area contributed by atoms with Crippen LogP contribution in [0.4, 0.5) is 0 Å². The lowest BCUT2D eigenvalue weighted by Crippen LogP contribution is -2.45. The van der Waals surface area contributed by atoms with E-state index in [4.69, 9.17) is 4.74 Å². The van der Waals surface area contributed by atoms with Gasteiger partial charge >= 0.3 is 0 Å². The van der Waals surface area contributed by atoms with Gasteiger partial charge in [0.15, 0.2) is 0 Å². The number of halogens is 2. The summed E-state index contributed by atoms with van der Waals surface area (Å²) in [7, 11) is 0. The zero-order valence-electron chi connectivity index (χ0n) is 17.4. The highest BCUT2D eigenvalue weighted by molar-refractivity contribution is 9.10. The van der Waals surface area contributed by atoms with Crippen molar-refractivity contribution in [1.82, 2.24) is 4.90 Å². The molecule has 0 bridgehead atoms. The second-order valence-corrected chi connectivity index (χ2v) is 9.16. The van der Waals surface area contributed by atoms with Crippen molar-refractivity contribution in [3.8, 4) is 0 Å². The highest BCUT2D eigenvalue weighted by Gasteiger charge is 2.40. The second kappa shape index (κ2) is 11.5. The van der Waals surface area contributed by atoms with E-state index in [1.807, 2.05) is 18.2 Å². The molecule has 0 saturated carbocycles. The van der Waals surface area contributed by atoms with Gasteiger partial charge in [0.2, 0.25) is 0 Å². The SMILES string of the molecule is CC(C)CCC(O)(c1ccc(Br)cc1)C(CN1CCOCC1)c1ccccc1.Cl. The molecule has 160 valence electrons. The molecule has 5 heteroatoms. The third kappa shape index (κ3) is 6.53. The summed E-state index contributed by atoms with van der Waals surface area (Å²) in [6, 6.07) is 18.7. The Morgan fingerprint density at radius 1 is 1.03 bits per heavy atom. The Labute approximate surface area is 190 Å². The van der Waals surface area contributed by atoms with Crippen molar-refractivity contribution in [2.45, 2.75) is 38.2 Å². The van der Waals surface area contributed by atoms with Gasteiger partial charge in [-0.2, -0.15) is 0 Å². The Morgan fingerprint density at radius 2 is 1.66 bits per heavy atom. The van der Waals surface area contributed by atoms with Crippen LogP contribution in [0, 0.1) is 5.92 Å². The van der Waals surface area contributed by atoms with E-state index in [1.165, 1.54) is 5.56 Å². The largest absolute Gasteiger partial charge is 0.384 e. The summed E-state index contributed by atoms with van der Waals surface area (Å²) < 4.78 is 6.57. The van der Waals surface area contributed by atoms with Crippen molar-refractivity contribution in [3.63, 3.8) is 0 Å². The maximum absolute atomic E-state index is 12.2. The van der Waals surface area contributed by atoms with E-state index < -0.39 is 5.60 Å². The zero-order valence-corrected chi connectivity index (χ0v) is 19.8. The van der Waals surface area contributed by atoms with Crippen LogP contribution in [0.25, 0.3) is 0 Å². The number of rotatable bonds is 8. The lowest BCUT2D eigenvalue weighted by molar-refractivity contribution is -0.0311. The van der Waals surface area contributed by atoms with E-state index in [1.54, 1.807) is 0 Å². The predicted molar refractivity (Wildman–Crippen MR) is 126 cm³/mol. The lowest BCUT2D eigenvalue weighted by atomic mass is 9.73. The molecule has 0 spiro atoms. The van der Waals surface area contributed by atoms with Crippen LogP contribution in [-0.2, 0) is 10.3 Å². The van der Waals surface area contributed by atoms with Crippen LogP contribution in [0.5, 0.6) is 0 Å². The molecule has 1 fully saturated rings. The predicted octanol–water partition coefficient (Wildman–Crippen LogP) is 5.61. The highest BCUT2D eigenvalue weighted by atomic mass is 79.9. The molecule has 2 unspecified atom stereocenters. The van der Waals surface area contributed by atoms with Crippen molar-refractivity contribution < 1.29 is 9.84 Å². The van der Waals surface area contributed by atoms with E-state index >= 15 is 0 Å². The minimum absolute atomic E-state index is 0. The fraction of sp³-hybridized carbons (Fsp3) is 0.500. The van der Waals surface area contributed by atoms with Gasteiger partial charge in [-0.25, -0.2) is 0 Å². The van der Waals surface area contributed by atoms with Crippen molar-refractivity contribution in [2.75, 3.05) is 32.8 Å². The summed E-state index contributed by atoms with van der Waals surface area (Å²) in [4.78, 5) is 2.43. The summed E-state index contributed by atoms with van der Waals surface area (Å²) in [5.74, 6) is 0.550. The van der Waals surface area contributed by atoms with Crippen molar-refractivity contribution in [2.24, 2.45) is 5.92 Å². The van der Waals surface area contributed by atoms with Crippen LogP contribution in [0.15, 0.2) is 59.1 Å². The van der Waals surface area contributed by atoms with Crippen LogP contribution < -0.4 is 0 Å². The van der Waals surface area contributed by atoms with Crippen molar-refractivity contribution in [1.29, 1.82) is 0 Å². The number of hydrogen-bond acceptors (Lipinski definition) is 3. The molecule has 3 nitrogen and oxygen atoms in total. The van der Waals surface area contributed by atoms with E-state index in [2.05, 4.69) is 71.1 Å². The Bertz CT molecular complexity index is 719. The summed E-state index contributed by atoms with van der Waals surface area (Å²) in [6.45, 7) is 8.66. The summed E-state index contributed by atoms with van der Waals surface area (Å²) in [5, 5.41) is 12.2. The zero-order chi connectivity index (χ0) is 20.0. The van der Waals surface area contributed by atoms with Gasteiger partial charge in [0.05, 0.1) is 18.8 Å². The molecule has 3 rings (SSSR count). The molecular weight excluding hydrogens is 450 g/mol. The average molecular weight is 483 g/mol. The number of nitrogens with zero attached hydrogens (tertiary/aromatic N) is 1. The first-order chi connectivity index (χ1) is 13.5. The molecule has 1 saturated heterocycles. The number of benzene rings is 2. The van der Waals surface area contributed by atoms with E-state index in [9.17, 15) is 5.11 Å². The van der Waals surface area contributed by atoms with Gasteiger partial charge in [-0.1, -0.05) is 72.2 Å². The molecule has 1 N–H and O–H groups in total. The first kappa shape index (κ1) is 24.4. The highest BCUT2D eigenvalue weighted by Crippen LogP contribution is 2.42. The number of hydrogen-bond donors (Lipinski definition) is 1. The number of aliphatic hydroxyl groups is 1. The monoisotopic (exact) mass is 481 g/mol. The van der Waals surface area contributed by atoms with Crippen LogP contribution in [0.1, 0.15) is 43.7 Å². The maximum atomic E-state index is 12.2. The van der Waals surface area contributed by atoms with Gasteiger partial charge in [-0.15, -0.1) is 12.4 Å². The molecule has 1 aliphatic rings. The third-order valence-electron chi connectivity index (χ3n) is 5.77. The Morgan fingerprint density at radius 3 is 2.24 bits per heavy atom. The molecule has 1 heterocycles. The lowest BCUT2D eigenvalue weighted by Gasteiger charge is -2.41. The van der Waals surface area contributed by atoms with Crippen LogP contribution in [0.3, 0.4) is 0 Å². The van der Waals surface area contributed by atoms with Gasteiger partial charge in [-0.3, -0.25) is 4.90 Å². The summed E-state index contributed by atoms with van der Waals surface area (Å²) >= 11 is 3.53. The number of morpholine rings is 1. The molecule has 2 aromatic rings. The molecule has 0 radical (unpaired) electrons. The fourth-order valence-electron chi connectivity index (χ4n) is 4.03. The normalized spacial score (nSPS) is 18.1. The Hall–Kier alpha value is -0.910. The average Bonchev–Trinajstić information content (AvgIpc) is 2.72. The Kier molecular flexibility index (Phi) is 9.64. The molecule has 2 atom stereocenters. The van der Waals surface area contributed by atoms with E-state index in [0.29, 0.717) is 5.92 Å². The van der Waals surface area contributed by atoms with E-state index in [0.717, 1.165) is 55.7 Å². The molecule has 2 aromatic carbocycles. The first-order valence-corrected chi connectivity index (χ1v) is 11.1. The Balaban J connectivity index is 0.00000300. The molecule has 1 aliphatic heterocycles. The molecule has 0 aromatic heterocycles. The maximum Gasteiger partial charge on any atom is 0.0977 e. The summed E-state index contributed by atoms with van der Waals surface area (Å²) in [6.07, 6.45) is 1.73. The minimum Gasteiger partial charge on any atom is -0.384 e. The quantitative estimate of drug-likeness (QED) is 0.531. The molecule has 29 heavy (non-hydrogen) atoms. The van der Waals surface area contributed by atoms with Crippen LogP contribution >= 0.6 is 28.3 Å². The summed E-state index contributed by atoms with van der Waals surface area (Å²) in [5.41, 5.74) is 1.28. The minimum atomic E-state index is -0.912. The van der Waals surface area contributed by atoms with E-state index in [-0.39, 0.29) is 18.3 Å². The van der Waals surface area contributed by atoms with Crippen molar-refractivity contribution >= 4 is 28.3 Å². The molecule has 0 amide bonds. The van der Waals surface area contributed by atoms with Gasteiger partial charge in [0.1, 0.15) is 0 Å². The molecular formula is C24H33BrClNO2. The second-order valence-electron chi connectivity index (χ2n) is 8.24. The van der Waals surface area contributed by atoms with Crippen LogP contribution in [-0.4, -0.2) is 42.9 Å². The fourth-order valence-corrected chi connectivity index (χ4v) is 4.29. The van der Waals surface area contributed by atoms with Gasteiger partial charge in [-0.05, 0) is 42.0 Å². The third-order valence-corrected chi connectivity index (χ3v) is 6.30. The first-order valence-electron chi connectivity index (χ1n) is 10.3. The van der Waals surface area contributed by atoms with Gasteiger partial charge < -0.3 is 9.84 Å². The van der Waals surface area contributed by atoms with Crippen LogP contribution in [0.2, 0.25) is 0 Å².